The Bertz CT molecular complexity index is 948. The van der Waals surface area contributed by atoms with Crippen molar-refractivity contribution in [1.29, 1.82) is 0 Å². The predicted molar refractivity (Wildman–Crippen MR) is 83.2 cm³/mol. The molecule has 0 amide bonds. The molecule has 0 saturated carbocycles. The number of pyridine rings is 1. The highest BCUT2D eigenvalue weighted by Crippen LogP contribution is 2.11. The maximum Gasteiger partial charge on any atom is 0.284 e. The summed E-state index contributed by atoms with van der Waals surface area (Å²) in [4.78, 5) is 28.1. The van der Waals surface area contributed by atoms with Gasteiger partial charge in [-0.1, -0.05) is 13.3 Å². The molecule has 2 aromatic heterocycles. The Hall–Kier alpha value is -2.63. The number of hydrogen-bond donors (Lipinski definition) is 2. The Balaban J connectivity index is 2.30. The second kappa shape index (κ2) is 5.29. The van der Waals surface area contributed by atoms with E-state index in [4.69, 9.17) is 0 Å². The summed E-state index contributed by atoms with van der Waals surface area (Å²) in [7, 11) is 0. The monoisotopic (exact) mass is 301 g/mol. The first-order valence-electron chi connectivity index (χ1n) is 7.15. The van der Waals surface area contributed by atoms with Crippen molar-refractivity contribution < 1.29 is 4.39 Å². The molecule has 1 aromatic carbocycles. The number of aromatic amines is 2. The predicted octanol–water partition coefficient (Wildman–Crippen LogP) is 2.41. The van der Waals surface area contributed by atoms with Crippen molar-refractivity contribution in [3.05, 3.63) is 61.9 Å². The van der Waals surface area contributed by atoms with E-state index in [0.29, 0.717) is 23.3 Å². The third kappa shape index (κ3) is 2.16. The van der Waals surface area contributed by atoms with E-state index in [1.807, 2.05) is 13.8 Å². The quantitative estimate of drug-likeness (QED) is 0.780. The molecule has 114 valence electrons. The average Bonchev–Trinajstić information content (AvgIpc) is 2.81. The van der Waals surface area contributed by atoms with Gasteiger partial charge < -0.3 is 4.98 Å². The molecule has 3 aromatic rings. The van der Waals surface area contributed by atoms with Crippen molar-refractivity contribution in [2.45, 2.75) is 26.7 Å². The molecule has 0 bridgehead atoms. The Morgan fingerprint density at radius 3 is 2.50 bits per heavy atom. The summed E-state index contributed by atoms with van der Waals surface area (Å²) in [6.07, 6.45) is 1.45. The molecule has 0 radical (unpaired) electrons. The maximum absolute atomic E-state index is 13.0. The van der Waals surface area contributed by atoms with Crippen LogP contribution in [0.15, 0.2) is 33.9 Å². The average molecular weight is 301 g/mol. The van der Waals surface area contributed by atoms with Crippen LogP contribution in [0.3, 0.4) is 0 Å². The summed E-state index contributed by atoms with van der Waals surface area (Å²) in [5, 5.41) is 2.99. The van der Waals surface area contributed by atoms with Crippen LogP contribution in [0.4, 0.5) is 4.39 Å². The number of rotatable bonds is 3. The van der Waals surface area contributed by atoms with Crippen molar-refractivity contribution in [3.8, 4) is 5.69 Å². The van der Waals surface area contributed by atoms with Gasteiger partial charge in [-0.05, 0) is 37.6 Å². The molecular formula is C16H16FN3O2. The van der Waals surface area contributed by atoms with E-state index in [9.17, 15) is 14.0 Å². The Morgan fingerprint density at radius 2 is 1.86 bits per heavy atom. The van der Waals surface area contributed by atoms with Crippen LogP contribution in [0.2, 0.25) is 0 Å². The maximum atomic E-state index is 13.0. The van der Waals surface area contributed by atoms with Gasteiger partial charge in [0, 0.05) is 11.3 Å². The van der Waals surface area contributed by atoms with Crippen molar-refractivity contribution in [2.24, 2.45) is 0 Å². The molecule has 0 fully saturated rings. The number of aromatic nitrogens is 3. The molecule has 2 N–H and O–H groups in total. The summed E-state index contributed by atoms with van der Waals surface area (Å²) >= 11 is 0. The molecule has 0 unspecified atom stereocenters. The molecule has 2 heterocycles. The van der Waals surface area contributed by atoms with Crippen LogP contribution >= 0.6 is 0 Å². The largest absolute Gasteiger partial charge is 0.343 e. The fourth-order valence-electron chi connectivity index (χ4n) is 2.65. The van der Waals surface area contributed by atoms with Gasteiger partial charge in [0.15, 0.2) is 5.43 Å². The van der Waals surface area contributed by atoms with Crippen LogP contribution in [-0.2, 0) is 6.42 Å². The van der Waals surface area contributed by atoms with Crippen molar-refractivity contribution in [3.63, 3.8) is 0 Å². The molecule has 6 heteroatoms. The van der Waals surface area contributed by atoms with E-state index >= 15 is 0 Å². The zero-order valence-corrected chi connectivity index (χ0v) is 12.4. The van der Waals surface area contributed by atoms with Crippen LogP contribution in [0.5, 0.6) is 0 Å². The molecule has 0 atom stereocenters. The minimum atomic E-state index is -0.430. The smallest absolute Gasteiger partial charge is 0.284 e. The molecule has 0 spiro atoms. The summed E-state index contributed by atoms with van der Waals surface area (Å²) in [5.74, 6) is -0.384. The Labute approximate surface area is 125 Å². The molecule has 0 aliphatic heterocycles. The highest BCUT2D eigenvalue weighted by atomic mass is 19.1. The van der Waals surface area contributed by atoms with Crippen molar-refractivity contribution in [1.82, 2.24) is 14.8 Å². The van der Waals surface area contributed by atoms with E-state index in [0.717, 1.165) is 12.1 Å². The number of nitrogens with one attached hydrogen (secondary N) is 2. The second-order valence-electron chi connectivity index (χ2n) is 5.29. The zero-order chi connectivity index (χ0) is 15.9. The fraction of sp³-hybridized carbons (Fsp3) is 0.250. The fourth-order valence-corrected chi connectivity index (χ4v) is 2.65. The lowest BCUT2D eigenvalue weighted by Crippen LogP contribution is -2.21. The number of benzene rings is 1. The Morgan fingerprint density at radius 1 is 1.18 bits per heavy atom. The van der Waals surface area contributed by atoms with E-state index in [1.54, 1.807) is 0 Å². The third-order valence-corrected chi connectivity index (χ3v) is 3.74. The SMILES string of the molecule is CCCc1c(C)[nH]c2[nH]n(-c3ccc(F)cc3)c(=O)c2c1=O. The molecule has 0 aliphatic rings. The van der Waals surface area contributed by atoms with Gasteiger partial charge >= 0.3 is 0 Å². The first-order valence-corrected chi connectivity index (χ1v) is 7.15. The van der Waals surface area contributed by atoms with Gasteiger partial charge in [0.25, 0.3) is 5.56 Å². The summed E-state index contributed by atoms with van der Waals surface area (Å²) < 4.78 is 14.3. The highest BCUT2D eigenvalue weighted by molar-refractivity contribution is 5.75. The van der Waals surface area contributed by atoms with Gasteiger partial charge in [-0.2, -0.15) is 0 Å². The normalized spacial score (nSPS) is 11.2. The summed E-state index contributed by atoms with van der Waals surface area (Å²) in [6.45, 7) is 3.80. The van der Waals surface area contributed by atoms with Crippen LogP contribution in [-0.4, -0.2) is 14.8 Å². The summed E-state index contributed by atoms with van der Waals surface area (Å²) in [6, 6.07) is 5.50. The molecule has 3 rings (SSSR count). The molecule has 5 nitrogen and oxygen atoms in total. The van der Waals surface area contributed by atoms with E-state index in [1.165, 1.54) is 28.9 Å². The molecule has 0 aliphatic carbocycles. The first-order chi connectivity index (χ1) is 10.5. The van der Waals surface area contributed by atoms with E-state index < -0.39 is 5.56 Å². The first kappa shape index (κ1) is 14.3. The number of H-pyrrole nitrogens is 2. The minimum absolute atomic E-state index is 0.110. The topological polar surface area (TPSA) is 70.7 Å². The van der Waals surface area contributed by atoms with Gasteiger partial charge in [-0.15, -0.1) is 0 Å². The number of nitrogens with zero attached hydrogens (tertiary/aromatic N) is 1. The molecule has 22 heavy (non-hydrogen) atoms. The summed E-state index contributed by atoms with van der Waals surface area (Å²) in [5.41, 5.74) is 1.58. The third-order valence-electron chi connectivity index (χ3n) is 3.74. The second-order valence-corrected chi connectivity index (χ2v) is 5.29. The number of aryl methyl sites for hydroxylation is 1. The standard InChI is InChI=1S/C16H16FN3O2/c1-3-4-12-9(2)18-15-13(14(12)21)16(22)20(19-15)11-7-5-10(17)6-8-11/h5-8H,3-4H2,1-2H3,(H2,18,19,21). The van der Waals surface area contributed by atoms with Crippen molar-refractivity contribution in [2.75, 3.05) is 0 Å². The van der Waals surface area contributed by atoms with E-state index in [2.05, 4.69) is 10.1 Å². The molecule has 0 saturated heterocycles. The van der Waals surface area contributed by atoms with Gasteiger partial charge in [-0.25, -0.2) is 9.07 Å². The lowest BCUT2D eigenvalue weighted by molar-refractivity contribution is 0.627. The van der Waals surface area contributed by atoms with Crippen LogP contribution in [0, 0.1) is 12.7 Å². The van der Waals surface area contributed by atoms with Crippen LogP contribution < -0.4 is 11.0 Å². The van der Waals surface area contributed by atoms with Crippen molar-refractivity contribution >= 4 is 11.0 Å². The minimum Gasteiger partial charge on any atom is -0.343 e. The Kier molecular flexibility index (Phi) is 3.44. The van der Waals surface area contributed by atoms with Crippen LogP contribution in [0.25, 0.3) is 16.7 Å². The lowest BCUT2D eigenvalue weighted by Gasteiger charge is -2.03. The number of fused-ring (bicyclic) bond motifs is 1. The van der Waals surface area contributed by atoms with Crippen LogP contribution in [0.1, 0.15) is 24.6 Å². The van der Waals surface area contributed by atoms with Gasteiger partial charge in [0.2, 0.25) is 0 Å². The number of hydrogen-bond acceptors (Lipinski definition) is 2. The van der Waals surface area contributed by atoms with Gasteiger partial charge in [0.05, 0.1) is 5.69 Å². The van der Waals surface area contributed by atoms with Gasteiger partial charge in [0.1, 0.15) is 16.9 Å². The lowest BCUT2D eigenvalue weighted by atomic mass is 10.1. The molecular weight excluding hydrogens is 285 g/mol. The number of halogens is 1. The van der Waals surface area contributed by atoms with Gasteiger partial charge in [-0.3, -0.25) is 14.7 Å². The zero-order valence-electron chi connectivity index (χ0n) is 12.4. The highest BCUT2D eigenvalue weighted by Gasteiger charge is 2.16. The van der Waals surface area contributed by atoms with E-state index in [-0.39, 0.29) is 16.6 Å².